The fourth-order valence-electron chi connectivity index (χ4n) is 4.89. The third-order valence-electron chi connectivity index (χ3n) is 7.69. The van der Waals surface area contributed by atoms with Gasteiger partial charge in [-0.2, -0.15) is 32.1 Å². The lowest BCUT2D eigenvalue weighted by Gasteiger charge is -2.31. The fourth-order valence-corrected chi connectivity index (χ4v) is 5.08. The minimum Gasteiger partial charge on any atom is -0.447 e. The summed E-state index contributed by atoms with van der Waals surface area (Å²) in [5.74, 6) is -3.66. The molecule has 0 radical (unpaired) electrons. The lowest BCUT2D eigenvalue weighted by molar-refractivity contribution is -0.164. The van der Waals surface area contributed by atoms with Gasteiger partial charge in [0, 0.05) is 24.4 Å². The third kappa shape index (κ3) is 7.19. The summed E-state index contributed by atoms with van der Waals surface area (Å²) in [5.41, 5.74) is 3.35. The summed E-state index contributed by atoms with van der Waals surface area (Å²) in [4.78, 5) is 34.7. The van der Waals surface area contributed by atoms with Gasteiger partial charge in [0.15, 0.2) is 11.8 Å². The first-order chi connectivity index (χ1) is 23.6. The number of carbonyl (C=O) groups is 2. The zero-order chi connectivity index (χ0) is 36.5. The number of alkyl carbamates (subject to hydrolysis) is 1. The molecule has 0 saturated heterocycles. The fraction of sp³-hybridized carbons (Fsp3) is 0.310. The molecule has 0 bridgehead atoms. The van der Waals surface area contributed by atoms with Gasteiger partial charge in [-0.05, 0) is 48.2 Å². The second-order valence-electron chi connectivity index (χ2n) is 10.8. The number of ether oxygens (including phenoxy) is 1. The second kappa shape index (κ2) is 13.9. The lowest BCUT2D eigenvalue weighted by Crippen LogP contribution is -2.49. The van der Waals surface area contributed by atoms with Crippen molar-refractivity contribution >= 4 is 29.6 Å². The van der Waals surface area contributed by atoms with E-state index in [1.165, 1.54) is 37.5 Å². The van der Waals surface area contributed by atoms with Gasteiger partial charge in [-0.25, -0.2) is 32.3 Å². The van der Waals surface area contributed by atoms with Gasteiger partial charge < -0.3 is 15.8 Å². The molecule has 2 aromatic carbocycles. The molecule has 1 aliphatic carbocycles. The van der Waals surface area contributed by atoms with E-state index in [4.69, 9.17) is 22.1 Å². The van der Waals surface area contributed by atoms with Crippen molar-refractivity contribution in [3.05, 3.63) is 82.9 Å². The van der Waals surface area contributed by atoms with E-state index in [9.17, 15) is 40.3 Å². The van der Waals surface area contributed by atoms with E-state index >= 15 is 4.39 Å². The highest BCUT2D eigenvalue weighted by Crippen LogP contribution is 2.49. The van der Waals surface area contributed by atoms with Gasteiger partial charge in [-0.3, -0.25) is 14.7 Å². The molecule has 12 nitrogen and oxygen atoms in total. The highest BCUT2D eigenvalue weighted by Gasteiger charge is 2.64. The number of nitrogens with one attached hydrogen (secondary N) is 1. The Bertz CT molecular complexity index is 1910. The van der Waals surface area contributed by atoms with Crippen LogP contribution in [0.25, 0.3) is 16.8 Å². The molecule has 1 unspecified atom stereocenters. The minimum atomic E-state index is -4.80. The summed E-state index contributed by atoms with van der Waals surface area (Å²) in [5, 5.41) is 8.29. The first-order valence-corrected chi connectivity index (χ1v) is 14.6. The number of nitrogens with zero attached hydrogens (tertiary/aromatic N) is 7. The van der Waals surface area contributed by atoms with Crippen LogP contribution >= 0.6 is 11.6 Å². The van der Waals surface area contributed by atoms with E-state index < -0.39 is 90.5 Å². The quantitative estimate of drug-likeness (QED) is 0.112. The Morgan fingerprint density at radius 2 is 1.80 bits per heavy atom. The monoisotopic (exact) mass is 733 g/mol. The highest BCUT2D eigenvalue weighted by molar-refractivity contribution is 6.32. The molecule has 1 atom stereocenters. The summed E-state index contributed by atoms with van der Waals surface area (Å²) < 4.78 is 115. The number of amides is 2. The lowest BCUT2D eigenvalue weighted by atomic mass is 10.0. The van der Waals surface area contributed by atoms with Gasteiger partial charge in [-0.1, -0.05) is 23.7 Å². The highest BCUT2D eigenvalue weighted by atomic mass is 35.5. The van der Waals surface area contributed by atoms with E-state index in [1.807, 2.05) is 0 Å². The molecule has 1 saturated carbocycles. The van der Waals surface area contributed by atoms with Crippen LogP contribution in [-0.4, -0.2) is 72.8 Å². The zero-order valence-electron chi connectivity index (χ0n) is 25.4. The van der Waals surface area contributed by atoms with Crippen molar-refractivity contribution in [1.29, 1.82) is 0 Å². The molecule has 5 rings (SSSR count). The Morgan fingerprint density at radius 1 is 1.12 bits per heavy atom. The van der Waals surface area contributed by atoms with Gasteiger partial charge in [0.2, 0.25) is 0 Å². The van der Waals surface area contributed by atoms with Crippen LogP contribution in [0.15, 0.2) is 60.1 Å². The number of aliphatic imine (C=N–C) groups is 1. The van der Waals surface area contributed by atoms with Crippen molar-refractivity contribution in [1.82, 2.24) is 34.8 Å². The van der Waals surface area contributed by atoms with E-state index in [0.717, 1.165) is 29.6 Å². The number of benzene rings is 2. The van der Waals surface area contributed by atoms with Crippen LogP contribution in [0.3, 0.4) is 0 Å². The summed E-state index contributed by atoms with van der Waals surface area (Å²) in [6, 6.07) is 5.43. The van der Waals surface area contributed by atoms with Gasteiger partial charge in [0.05, 0.1) is 17.9 Å². The Balaban J connectivity index is 1.55. The Kier molecular flexibility index (Phi) is 10.0. The Morgan fingerprint density at radius 3 is 2.36 bits per heavy atom. The molecular weight excluding hydrogens is 710 g/mol. The van der Waals surface area contributed by atoms with Crippen LogP contribution < -0.4 is 11.1 Å². The molecule has 2 aromatic heterocycles. The minimum absolute atomic E-state index is 0.115. The van der Waals surface area contributed by atoms with Gasteiger partial charge >= 0.3 is 18.8 Å². The average molecular weight is 734 g/mol. The van der Waals surface area contributed by atoms with Crippen LogP contribution in [0.2, 0.25) is 5.02 Å². The SMILES string of the molecule is CN=C(N)N(C(=O)c1ccc(-c2cnn(C(F)F)c2)cc1)C(COC(=O)NC1(C(F)(F)F)CC1)c1cc(F)c(Cl)c(-n2ncnc2C(F)F)c1. The third-order valence-corrected chi connectivity index (χ3v) is 8.07. The summed E-state index contributed by atoms with van der Waals surface area (Å²) >= 11 is 6.11. The number of carbonyl (C=O) groups excluding carboxylic acids is 2. The van der Waals surface area contributed by atoms with Crippen LogP contribution in [0.4, 0.5) is 39.9 Å². The number of rotatable bonds is 10. The number of halogens is 9. The number of hydrogen-bond acceptors (Lipinski definition) is 7. The van der Waals surface area contributed by atoms with Crippen molar-refractivity contribution in [2.45, 2.75) is 43.6 Å². The standard InChI is InChI=1S/C29H24ClF8N9O3/c1-40-26(39)46(24(48)15-4-2-14(3-5-15)17-10-42-45(11-17)25(34)35)20(12-50-27(49)44-28(6-7-28)29(36,37)38)16-8-18(31)21(30)19(9-16)47-23(22(32)33)41-13-43-47/h2-5,8-11,13,20,22,25H,6-7,12H2,1H3,(H2,39,40)(H,44,49). The maximum Gasteiger partial charge on any atom is 0.411 e. The number of guanidine groups is 1. The number of hydrogen-bond donors (Lipinski definition) is 2. The largest absolute Gasteiger partial charge is 0.447 e. The molecule has 3 N–H and O–H groups in total. The van der Waals surface area contributed by atoms with Gasteiger partial charge in [0.25, 0.3) is 12.3 Å². The van der Waals surface area contributed by atoms with Gasteiger partial charge in [-0.15, -0.1) is 0 Å². The van der Waals surface area contributed by atoms with Crippen molar-refractivity contribution in [3.8, 4) is 16.8 Å². The molecule has 0 aliphatic heterocycles. The smallest absolute Gasteiger partial charge is 0.411 e. The predicted molar refractivity (Wildman–Crippen MR) is 159 cm³/mol. The normalized spacial score (nSPS) is 14.9. The molecule has 266 valence electrons. The molecule has 21 heteroatoms. The van der Waals surface area contributed by atoms with Crippen molar-refractivity contribution in [3.63, 3.8) is 0 Å². The molecule has 1 fully saturated rings. The van der Waals surface area contributed by atoms with Crippen molar-refractivity contribution < 1.29 is 49.4 Å². The molecule has 1 aliphatic rings. The molecule has 4 aromatic rings. The molecule has 2 heterocycles. The Labute approximate surface area is 281 Å². The molecule has 2 amide bonds. The van der Waals surface area contributed by atoms with E-state index in [0.29, 0.717) is 14.9 Å². The van der Waals surface area contributed by atoms with E-state index in [1.54, 1.807) is 5.32 Å². The summed E-state index contributed by atoms with van der Waals surface area (Å²) in [6.07, 6.45) is -7.37. The maximum atomic E-state index is 15.4. The van der Waals surface area contributed by atoms with Crippen molar-refractivity contribution in [2.75, 3.05) is 13.7 Å². The first kappa shape index (κ1) is 36.0. The summed E-state index contributed by atoms with van der Waals surface area (Å²) in [7, 11) is 1.17. The first-order valence-electron chi connectivity index (χ1n) is 14.2. The topological polar surface area (TPSA) is 146 Å². The average Bonchev–Trinajstić information content (AvgIpc) is 3.45. The van der Waals surface area contributed by atoms with E-state index in [-0.39, 0.29) is 16.7 Å². The number of nitrogens with two attached hydrogens (primary N) is 1. The molecule has 50 heavy (non-hydrogen) atoms. The van der Waals surface area contributed by atoms with Crippen LogP contribution in [0.5, 0.6) is 0 Å². The predicted octanol–water partition coefficient (Wildman–Crippen LogP) is 6.21. The van der Waals surface area contributed by atoms with Gasteiger partial charge in [0.1, 0.15) is 29.3 Å². The number of alkyl halides is 7. The van der Waals surface area contributed by atoms with Crippen molar-refractivity contribution in [2.24, 2.45) is 10.7 Å². The van der Waals surface area contributed by atoms with Crippen LogP contribution in [0, 0.1) is 5.82 Å². The van der Waals surface area contributed by atoms with Crippen LogP contribution in [0.1, 0.15) is 53.6 Å². The zero-order valence-corrected chi connectivity index (χ0v) is 26.1. The van der Waals surface area contributed by atoms with Crippen LogP contribution in [-0.2, 0) is 4.74 Å². The van der Waals surface area contributed by atoms with E-state index in [2.05, 4.69) is 20.2 Å². The maximum absolute atomic E-state index is 15.4. The number of aromatic nitrogens is 5. The second-order valence-corrected chi connectivity index (χ2v) is 11.2. The summed E-state index contributed by atoms with van der Waals surface area (Å²) in [6.45, 7) is -3.87. The molecule has 0 spiro atoms. The Hall–Kier alpha value is -5.27. The molecular formula is C29H24ClF8N9O3.